The lowest BCUT2D eigenvalue weighted by molar-refractivity contribution is 0.586. The maximum absolute atomic E-state index is 13.6. The van der Waals surface area contributed by atoms with E-state index in [9.17, 15) is 8.78 Å². The van der Waals surface area contributed by atoms with Crippen LogP contribution in [0.1, 0.15) is 22.7 Å². The Morgan fingerprint density at radius 1 is 1.04 bits per heavy atom. The summed E-state index contributed by atoms with van der Waals surface area (Å²) in [6.45, 7) is 0.538. The number of nitrogens with zero attached hydrogens (tertiary/aromatic N) is 2. The molecule has 3 nitrogen and oxygen atoms in total. The van der Waals surface area contributed by atoms with Crippen LogP contribution in [-0.4, -0.2) is 9.78 Å². The molecule has 0 radical (unpaired) electrons. The highest BCUT2D eigenvalue weighted by atomic mass is 19.1. The second-order valence-corrected chi connectivity index (χ2v) is 5.44. The van der Waals surface area contributed by atoms with Gasteiger partial charge in [-0.1, -0.05) is 24.3 Å². The predicted octanol–water partition coefficient (Wildman–Crippen LogP) is 3.58. The van der Waals surface area contributed by atoms with Crippen LogP contribution in [0.25, 0.3) is 0 Å². The number of rotatable bonds is 5. The first kappa shape index (κ1) is 15.4. The minimum atomic E-state index is -0.278. The first-order valence-electron chi connectivity index (χ1n) is 7.33. The van der Waals surface area contributed by atoms with Crippen molar-refractivity contribution in [1.29, 1.82) is 0 Å². The van der Waals surface area contributed by atoms with E-state index in [4.69, 9.17) is 0 Å². The molecule has 0 saturated heterocycles. The highest BCUT2D eigenvalue weighted by molar-refractivity contribution is 5.30. The van der Waals surface area contributed by atoms with Crippen LogP contribution in [0.15, 0.2) is 60.9 Å². The molecule has 1 aromatic heterocycles. The molecule has 0 amide bonds. The topological polar surface area (TPSA) is 29.9 Å². The molecular formula is C18H17F2N3. The van der Waals surface area contributed by atoms with E-state index in [0.29, 0.717) is 6.54 Å². The maximum Gasteiger partial charge on any atom is 0.123 e. The third-order valence-electron chi connectivity index (χ3n) is 3.66. The molecule has 0 aliphatic carbocycles. The molecule has 1 heterocycles. The Balaban J connectivity index is 1.84. The Kier molecular flexibility index (Phi) is 4.48. The van der Waals surface area contributed by atoms with Gasteiger partial charge in [0.15, 0.2) is 0 Å². The first-order chi connectivity index (χ1) is 11.1. The molecule has 1 atom stereocenters. The quantitative estimate of drug-likeness (QED) is 0.780. The van der Waals surface area contributed by atoms with Crippen molar-refractivity contribution >= 4 is 0 Å². The van der Waals surface area contributed by atoms with Crippen molar-refractivity contribution in [1.82, 2.24) is 15.1 Å². The van der Waals surface area contributed by atoms with Crippen LogP contribution < -0.4 is 5.32 Å². The van der Waals surface area contributed by atoms with Crippen LogP contribution in [0.2, 0.25) is 0 Å². The van der Waals surface area contributed by atoms with Crippen molar-refractivity contribution in [2.75, 3.05) is 0 Å². The summed E-state index contributed by atoms with van der Waals surface area (Å²) < 4.78 is 28.3. The number of benzene rings is 2. The molecule has 0 bridgehead atoms. The molecule has 0 unspecified atom stereocenters. The average molecular weight is 313 g/mol. The molecule has 0 saturated carbocycles. The van der Waals surface area contributed by atoms with Gasteiger partial charge in [-0.05, 0) is 35.4 Å². The van der Waals surface area contributed by atoms with Gasteiger partial charge in [-0.25, -0.2) is 8.78 Å². The lowest BCUT2D eigenvalue weighted by atomic mass is 10.0. The van der Waals surface area contributed by atoms with Gasteiger partial charge in [-0.15, -0.1) is 0 Å². The summed E-state index contributed by atoms with van der Waals surface area (Å²) in [4.78, 5) is 0. The van der Waals surface area contributed by atoms with Gasteiger partial charge in [0.05, 0.1) is 12.2 Å². The highest BCUT2D eigenvalue weighted by Gasteiger charge is 2.16. The molecule has 0 fully saturated rings. The van der Waals surface area contributed by atoms with E-state index in [0.717, 1.165) is 16.7 Å². The summed E-state index contributed by atoms with van der Waals surface area (Å²) in [5.74, 6) is -0.539. The monoisotopic (exact) mass is 313 g/mol. The molecule has 3 rings (SSSR count). The van der Waals surface area contributed by atoms with Crippen molar-refractivity contribution < 1.29 is 8.78 Å². The van der Waals surface area contributed by atoms with Gasteiger partial charge < -0.3 is 5.32 Å². The van der Waals surface area contributed by atoms with Gasteiger partial charge in [-0.3, -0.25) is 4.68 Å². The second-order valence-electron chi connectivity index (χ2n) is 5.44. The molecule has 2 aromatic carbocycles. The van der Waals surface area contributed by atoms with Crippen LogP contribution in [0.4, 0.5) is 8.78 Å². The lowest BCUT2D eigenvalue weighted by Gasteiger charge is -2.18. The number of hydrogen-bond acceptors (Lipinski definition) is 2. The van der Waals surface area contributed by atoms with Crippen molar-refractivity contribution in [3.8, 4) is 0 Å². The number of hydrogen-bond donors (Lipinski definition) is 1. The molecule has 0 spiro atoms. The molecule has 0 aliphatic rings. The zero-order chi connectivity index (χ0) is 16.2. The smallest absolute Gasteiger partial charge is 0.123 e. The van der Waals surface area contributed by atoms with Crippen LogP contribution in [0.5, 0.6) is 0 Å². The Bertz CT molecular complexity index is 781. The summed E-state index contributed by atoms with van der Waals surface area (Å²) in [6.07, 6.45) is 3.65. The summed E-state index contributed by atoms with van der Waals surface area (Å²) in [5, 5.41) is 7.57. The summed E-state index contributed by atoms with van der Waals surface area (Å²) in [7, 11) is 1.84. The van der Waals surface area contributed by atoms with Crippen LogP contribution in [0, 0.1) is 11.6 Å². The summed E-state index contributed by atoms with van der Waals surface area (Å²) in [6, 6.07) is 12.6. The van der Waals surface area contributed by atoms with Crippen molar-refractivity contribution in [2.45, 2.75) is 12.6 Å². The Labute approximate surface area is 133 Å². The average Bonchev–Trinajstić information content (AvgIpc) is 2.96. The molecule has 5 heteroatoms. The fourth-order valence-electron chi connectivity index (χ4n) is 2.53. The second kappa shape index (κ2) is 6.71. The van der Waals surface area contributed by atoms with Crippen molar-refractivity contribution in [2.24, 2.45) is 7.05 Å². The number of nitrogens with one attached hydrogen (secondary N) is 1. The van der Waals surface area contributed by atoms with E-state index in [1.54, 1.807) is 29.1 Å². The minimum absolute atomic E-state index is 0.190. The zero-order valence-corrected chi connectivity index (χ0v) is 12.7. The number of halogens is 2. The first-order valence-corrected chi connectivity index (χ1v) is 7.33. The van der Waals surface area contributed by atoms with Gasteiger partial charge in [0.25, 0.3) is 0 Å². The third kappa shape index (κ3) is 3.81. The van der Waals surface area contributed by atoms with Gasteiger partial charge >= 0.3 is 0 Å². The summed E-state index contributed by atoms with van der Waals surface area (Å²) in [5.41, 5.74) is 2.72. The fourth-order valence-corrected chi connectivity index (χ4v) is 2.53. The van der Waals surface area contributed by atoms with E-state index in [2.05, 4.69) is 10.4 Å². The standard InChI is InChI=1S/C18H17F2N3/c1-23-12-15(11-22-23)18(14-3-2-4-17(20)9-14)21-10-13-5-7-16(19)8-6-13/h2-9,11-12,18,21H,10H2,1H3/t18-/m0/s1. The Morgan fingerprint density at radius 3 is 2.48 bits per heavy atom. The van der Waals surface area contributed by atoms with E-state index in [1.165, 1.54) is 24.3 Å². The van der Waals surface area contributed by atoms with Crippen molar-refractivity contribution in [3.05, 3.63) is 89.2 Å². The number of aromatic nitrogens is 2. The molecule has 0 aliphatic heterocycles. The Morgan fingerprint density at radius 2 is 1.83 bits per heavy atom. The van der Waals surface area contributed by atoms with E-state index in [1.807, 2.05) is 19.3 Å². The molecule has 118 valence electrons. The third-order valence-corrected chi connectivity index (χ3v) is 3.66. The van der Waals surface area contributed by atoms with Crippen molar-refractivity contribution in [3.63, 3.8) is 0 Å². The molecule has 1 N–H and O–H groups in total. The van der Waals surface area contributed by atoms with E-state index in [-0.39, 0.29) is 17.7 Å². The predicted molar refractivity (Wildman–Crippen MR) is 84.7 cm³/mol. The van der Waals surface area contributed by atoms with Gasteiger partial charge in [0.1, 0.15) is 11.6 Å². The van der Waals surface area contributed by atoms with Gasteiger partial charge in [-0.2, -0.15) is 5.10 Å². The van der Waals surface area contributed by atoms with Crippen LogP contribution in [-0.2, 0) is 13.6 Å². The Hall–Kier alpha value is -2.53. The zero-order valence-electron chi connectivity index (χ0n) is 12.7. The molecule has 23 heavy (non-hydrogen) atoms. The van der Waals surface area contributed by atoms with Crippen LogP contribution in [0.3, 0.4) is 0 Å². The highest BCUT2D eigenvalue weighted by Crippen LogP contribution is 2.23. The molecular weight excluding hydrogens is 296 g/mol. The van der Waals surface area contributed by atoms with Gasteiger partial charge in [0.2, 0.25) is 0 Å². The number of aryl methyl sites for hydroxylation is 1. The SMILES string of the molecule is Cn1cc([C@@H](NCc2ccc(F)cc2)c2cccc(F)c2)cn1. The lowest BCUT2D eigenvalue weighted by Crippen LogP contribution is -2.22. The minimum Gasteiger partial charge on any atom is -0.302 e. The largest absolute Gasteiger partial charge is 0.302 e. The van der Waals surface area contributed by atoms with Crippen LogP contribution >= 0.6 is 0 Å². The normalized spacial score (nSPS) is 12.3. The van der Waals surface area contributed by atoms with E-state index >= 15 is 0 Å². The maximum atomic E-state index is 13.6. The van der Waals surface area contributed by atoms with E-state index < -0.39 is 0 Å². The summed E-state index contributed by atoms with van der Waals surface area (Å²) >= 11 is 0. The molecule has 3 aromatic rings. The van der Waals surface area contributed by atoms with Gasteiger partial charge in [0, 0.05) is 25.4 Å². The fraction of sp³-hybridized carbons (Fsp3) is 0.167.